The first-order valence-electron chi connectivity index (χ1n) is 6.91. The van der Waals surface area contributed by atoms with Crippen LogP contribution in [0.25, 0.3) is 11.3 Å². The average molecular weight is 360 g/mol. The van der Waals surface area contributed by atoms with Crippen LogP contribution in [0.4, 0.5) is 0 Å². The fourth-order valence-corrected chi connectivity index (χ4v) is 4.61. The van der Waals surface area contributed by atoms with Crippen LogP contribution in [0.1, 0.15) is 12.2 Å². The van der Waals surface area contributed by atoms with Crippen molar-refractivity contribution in [1.29, 1.82) is 0 Å². The minimum atomic E-state index is -2.87. The van der Waals surface area contributed by atoms with Crippen molar-refractivity contribution in [3.8, 4) is 11.3 Å². The number of hydrogen-bond acceptors (Lipinski definition) is 4. The van der Waals surface area contributed by atoms with Crippen LogP contribution in [-0.4, -0.2) is 26.0 Å². The van der Waals surface area contributed by atoms with Crippen LogP contribution in [0.5, 0.6) is 0 Å². The number of furan rings is 1. The summed E-state index contributed by atoms with van der Waals surface area (Å²) in [4.78, 5) is 0. The molecule has 0 saturated carbocycles. The first-order valence-corrected chi connectivity index (χ1v) is 9.49. The van der Waals surface area contributed by atoms with Crippen molar-refractivity contribution in [2.75, 3.05) is 11.5 Å². The minimum Gasteiger partial charge on any atom is -0.460 e. The summed E-state index contributed by atoms with van der Waals surface area (Å²) in [6.07, 6.45) is 0.649. The Morgan fingerprint density at radius 3 is 2.77 bits per heavy atom. The molecule has 1 N–H and O–H groups in total. The van der Waals surface area contributed by atoms with Gasteiger partial charge in [-0.3, -0.25) is 0 Å². The van der Waals surface area contributed by atoms with E-state index in [0.717, 1.165) is 11.3 Å². The number of hydrogen-bond donors (Lipinski definition) is 1. The van der Waals surface area contributed by atoms with Crippen LogP contribution in [0.2, 0.25) is 10.0 Å². The zero-order valence-electron chi connectivity index (χ0n) is 11.7. The van der Waals surface area contributed by atoms with Crippen molar-refractivity contribution in [3.63, 3.8) is 0 Å². The van der Waals surface area contributed by atoms with Gasteiger partial charge in [-0.25, -0.2) is 8.42 Å². The molecule has 1 saturated heterocycles. The van der Waals surface area contributed by atoms with Gasteiger partial charge in [-0.1, -0.05) is 29.3 Å². The number of sulfone groups is 1. The van der Waals surface area contributed by atoms with E-state index in [1.807, 2.05) is 24.3 Å². The summed E-state index contributed by atoms with van der Waals surface area (Å²) in [5, 5.41) is 4.15. The van der Waals surface area contributed by atoms with Gasteiger partial charge in [0.05, 0.1) is 28.1 Å². The van der Waals surface area contributed by atoms with E-state index in [1.165, 1.54) is 0 Å². The number of benzene rings is 1. The van der Waals surface area contributed by atoms with Crippen LogP contribution in [0, 0.1) is 0 Å². The highest BCUT2D eigenvalue weighted by molar-refractivity contribution is 7.91. The largest absolute Gasteiger partial charge is 0.460 e. The maximum Gasteiger partial charge on any atom is 0.151 e. The molecule has 7 heteroatoms. The van der Waals surface area contributed by atoms with E-state index in [2.05, 4.69) is 5.32 Å². The molecule has 0 amide bonds. The highest BCUT2D eigenvalue weighted by atomic mass is 35.5. The van der Waals surface area contributed by atoms with Gasteiger partial charge in [-0.15, -0.1) is 0 Å². The summed E-state index contributed by atoms with van der Waals surface area (Å²) < 4.78 is 28.6. The summed E-state index contributed by atoms with van der Waals surface area (Å²) in [6, 6.07) is 9.05. The molecule has 0 unspecified atom stereocenters. The summed E-state index contributed by atoms with van der Waals surface area (Å²) in [7, 11) is -2.87. The molecule has 0 bridgehead atoms. The molecule has 22 heavy (non-hydrogen) atoms. The molecule has 4 nitrogen and oxygen atoms in total. The van der Waals surface area contributed by atoms with Gasteiger partial charge in [0.2, 0.25) is 0 Å². The lowest BCUT2D eigenvalue weighted by molar-refractivity contribution is 0.464. The topological polar surface area (TPSA) is 59.3 Å². The summed E-state index contributed by atoms with van der Waals surface area (Å²) in [5.41, 5.74) is 0.740. The number of nitrogens with one attached hydrogen (secondary N) is 1. The van der Waals surface area contributed by atoms with Crippen molar-refractivity contribution in [3.05, 3.63) is 46.1 Å². The predicted molar refractivity (Wildman–Crippen MR) is 88.1 cm³/mol. The second-order valence-electron chi connectivity index (χ2n) is 5.35. The molecule has 1 atom stereocenters. The fraction of sp³-hybridized carbons (Fsp3) is 0.333. The lowest BCUT2D eigenvalue weighted by Crippen LogP contribution is -2.29. The van der Waals surface area contributed by atoms with E-state index in [-0.39, 0.29) is 17.5 Å². The van der Waals surface area contributed by atoms with E-state index >= 15 is 0 Å². The van der Waals surface area contributed by atoms with Crippen molar-refractivity contribution in [2.45, 2.75) is 19.0 Å². The third kappa shape index (κ3) is 3.49. The van der Waals surface area contributed by atoms with Crippen molar-refractivity contribution >= 4 is 33.0 Å². The molecular formula is C15H15Cl2NO3S. The van der Waals surface area contributed by atoms with Gasteiger partial charge in [-0.2, -0.15) is 0 Å². The summed E-state index contributed by atoms with van der Waals surface area (Å²) >= 11 is 12.2. The Balaban J connectivity index is 1.68. The lowest BCUT2D eigenvalue weighted by atomic mass is 10.2. The lowest BCUT2D eigenvalue weighted by Gasteiger charge is -2.08. The predicted octanol–water partition coefficient (Wildman–Crippen LogP) is 3.53. The Labute approximate surface area is 139 Å². The van der Waals surface area contributed by atoms with Crippen LogP contribution in [0.15, 0.2) is 34.7 Å². The smallest absolute Gasteiger partial charge is 0.151 e. The molecule has 3 rings (SSSR count). The van der Waals surface area contributed by atoms with E-state index in [9.17, 15) is 8.42 Å². The normalized spacial score (nSPS) is 20.4. The van der Waals surface area contributed by atoms with Gasteiger partial charge >= 0.3 is 0 Å². The molecule has 0 aliphatic carbocycles. The fourth-order valence-electron chi connectivity index (χ4n) is 2.51. The van der Waals surface area contributed by atoms with Crippen LogP contribution >= 0.6 is 23.2 Å². The monoisotopic (exact) mass is 359 g/mol. The van der Waals surface area contributed by atoms with Crippen LogP contribution in [0.3, 0.4) is 0 Å². The average Bonchev–Trinajstić information content (AvgIpc) is 3.06. The highest BCUT2D eigenvalue weighted by Crippen LogP contribution is 2.34. The molecular weight excluding hydrogens is 345 g/mol. The molecule has 0 spiro atoms. The molecule has 0 radical (unpaired) electrons. The van der Waals surface area contributed by atoms with Gasteiger partial charge in [0, 0.05) is 11.6 Å². The zero-order chi connectivity index (χ0) is 15.7. The van der Waals surface area contributed by atoms with Gasteiger partial charge in [0.15, 0.2) is 9.84 Å². The van der Waals surface area contributed by atoms with E-state index < -0.39 is 9.84 Å². The SMILES string of the molecule is O=S1(=O)CC[C@@H](NCc2ccc(-c3cccc(Cl)c3Cl)o2)C1. The van der Waals surface area contributed by atoms with Gasteiger partial charge < -0.3 is 9.73 Å². The molecule has 118 valence electrons. The molecule has 1 aromatic heterocycles. The Kier molecular flexibility index (Phi) is 4.50. The number of halogens is 2. The third-order valence-corrected chi connectivity index (χ3v) is 6.26. The van der Waals surface area contributed by atoms with Gasteiger partial charge in [0.1, 0.15) is 11.5 Å². The maximum absolute atomic E-state index is 11.4. The maximum atomic E-state index is 11.4. The van der Waals surface area contributed by atoms with Crippen LogP contribution < -0.4 is 5.32 Å². The zero-order valence-corrected chi connectivity index (χ0v) is 14.0. The first-order chi connectivity index (χ1) is 10.4. The summed E-state index contributed by atoms with van der Waals surface area (Å²) in [6.45, 7) is 0.484. The van der Waals surface area contributed by atoms with Gasteiger partial charge in [0.25, 0.3) is 0 Å². The van der Waals surface area contributed by atoms with Crippen molar-refractivity contribution < 1.29 is 12.8 Å². The van der Waals surface area contributed by atoms with Crippen molar-refractivity contribution in [2.24, 2.45) is 0 Å². The quantitative estimate of drug-likeness (QED) is 0.906. The number of rotatable bonds is 4. The van der Waals surface area contributed by atoms with Gasteiger partial charge in [-0.05, 0) is 30.7 Å². The van der Waals surface area contributed by atoms with Crippen molar-refractivity contribution in [1.82, 2.24) is 5.32 Å². The summed E-state index contributed by atoms with van der Waals surface area (Å²) in [5.74, 6) is 1.83. The minimum absolute atomic E-state index is 0.00620. The molecule has 2 aromatic rings. The standard InChI is InChI=1S/C15H15Cl2NO3S/c16-13-3-1-2-12(15(13)17)14-5-4-11(21-14)8-18-10-6-7-22(19,20)9-10/h1-5,10,18H,6-9H2/t10-/m1/s1. The first kappa shape index (κ1) is 15.9. The molecule has 1 aliphatic rings. The van der Waals surface area contributed by atoms with E-state index in [4.69, 9.17) is 27.6 Å². The third-order valence-electron chi connectivity index (χ3n) is 3.68. The Morgan fingerprint density at radius 1 is 1.23 bits per heavy atom. The molecule has 1 aliphatic heterocycles. The van der Waals surface area contributed by atoms with E-state index in [0.29, 0.717) is 28.8 Å². The molecule has 1 aromatic carbocycles. The molecule has 1 fully saturated rings. The Bertz CT molecular complexity index is 786. The second-order valence-corrected chi connectivity index (χ2v) is 8.36. The second kappa shape index (κ2) is 6.24. The van der Waals surface area contributed by atoms with E-state index in [1.54, 1.807) is 6.07 Å². The Hall–Kier alpha value is -1.01. The Morgan fingerprint density at radius 2 is 2.05 bits per heavy atom. The highest BCUT2D eigenvalue weighted by Gasteiger charge is 2.27. The molecule has 2 heterocycles. The van der Waals surface area contributed by atoms with Crippen LogP contribution in [-0.2, 0) is 16.4 Å².